The van der Waals surface area contributed by atoms with Crippen molar-refractivity contribution < 1.29 is 9.23 Å². The van der Waals surface area contributed by atoms with Crippen molar-refractivity contribution in [2.45, 2.75) is 51.7 Å². The van der Waals surface area contributed by atoms with Gasteiger partial charge in [-0.05, 0) is 43.5 Å². The van der Waals surface area contributed by atoms with E-state index in [1.807, 2.05) is 18.2 Å². The summed E-state index contributed by atoms with van der Waals surface area (Å²) >= 11 is 6.31. The van der Waals surface area contributed by atoms with Gasteiger partial charge in [0.15, 0.2) is 0 Å². The average molecular weight is 416 g/mol. The zero-order chi connectivity index (χ0) is 20.8. The van der Waals surface area contributed by atoms with Gasteiger partial charge < -0.3 is 4.90 Å². The van der Waals surface area contributed by atoms with E-state index in [1.54, 1.807) is 18.2 Å². The number of halogens is 2. The van der Waals surface area contributed by atoms with Crippen molar-refractivity contribution in [2.24, 2.45) is 0 Å². The van der Waals surface area contributed by atoms with Gasteiger partial charge in [0.2, 0.25) is 0 Å². The number of nitriles is 1. The van der Waals surface area contributed by atoms with E-state index in [-0.39, 0.29) is 11.9 Å². The summed E-state index contributed by atoms with van der Waals surface area (Å²) in [6.07, 6.45) is 2.86. The van der Waals surface area contributed by atoms with Crippen molar-refractivity contribution in [3.63, 3.8) is 0 Å². The van der Waals surface area contributed by atoms with Gasteiger partial charge in [-0.2, -0.15) is 10.3 Å². The highest BCUT2D eigenvalue weighted by atomic mass is 35.5. The van der Waals surface area contributed by atoms with Crippen molar-refractivity contribution in [3.05, 3.63) is 64.4 Å². The number of anilines is 1. The second-order valence-electron chi connectivity index (χ2n) is 7.34. The van der Waals surface area contributed by atoms with Crippen LogP contribution in [0.15, 0.2) is 42.5 Å². The number of hydrogen-bond acceptors (Lipinski definition) is 4. The molecule has 4 nitrogen and oxygen atoms in total. The monoisotopic (exact) mass is 415 g/mol. The lowest BCUT2D eigenvalue weighted by Crippen LogP contribution is -2.51. The first kappa shape index (κ1) is 21.6. The van der Waals surface area contributed by atoms with Crippen LogP contribution in [0.2, 0.25) is 5.02 Å². The molecule has 1 fully saturated rings. The Labute approximate surface area is 177 Å². The summed E-state index contributed by atoms with van der Waals surface area (Å²) in [5, 5.41) is 11.7. The van der Waals surface area contributed by atoms with E-state index in [0.29, 0.717) is 35.3 Å². The van der Waals surface area contributed by atoms with Gasteiger partial charge in [0.1, 0.15) is 11.9 Å². The first-order valence-corrected chi connectivity index (χ1v) is 10.5. The maximum atomic E-state index is 14.4. The van der Waals surface area contributed by atoms with E-state index in [9.17, 15) is 9.65 Å². The van der Waals surface area contributed by atoms with Crippen LogP contribution in [0.4, 0.5) is 10.1 Å². The second kappa shape index (κ2) is 10.1. The fourth-order valence-electron chi connectivity index (χ4n) is 3.88. The maximum Gasteiger partial charge on any atom is 0.128 e. The molecule has 1 aliphatic rings. The van der Waals surface area contributed by atoms with E-state index >= 15 is 0 Å². The van der Waals surface area contributed by atoms with E-state index in [4.69, 9.17) is 16.4 Å². The zero-order valence-electron chi connectivity index (χ0n) is 16.9. The standard InChI is InChI=1S/C23H27ClFN3O/c1-3-19(4-2)28-16-21(11-12-29-28)27(15-18-7-5-6-8-23(18)25)20-10-9-17(14-26)22(24)13-20/h5-10,13,19,21H,3-4,11-12,15-16H2,1-2H3/t21-/m0/s1. The second-order valence-corrected chi connectivity index (χ2v) is 7.75. The Kier molecular flexibility index (Phi) is 7.49. The van der Waals surface area contributed by atoms with Crippen molar-refractivity contribution >= 4 is 17.3 Å². The summed E-state index contributed by atoms with van der Waals surface area (Å²) < 4.78 is 14.4. The van der Waals surface area contributed by atoms with Crippen LogP contribution in [0.25, 0.3) is 0 Å². The summed E-state index contributed by atoms with van der Waals surface area (Å²) in [5.74, 6) is -0.221. The number of nitrogens with zero attached hydrogens (tertiary/aromatic N) is 3. The Hall–Kier alpha value is -2.13. The minimum atomic E-state index is -0.221. The van der Waals surface area contributed by atoms with Gasteiger partial charge in [-0.15, -0.1) is 0 Å². The molecule has 29 heavy (non-hydrogen) atoms. The summed E-state index contributed by atoms with van der Waals surface area (Å²) in [6, 6.07) is 14.9. The smallest absolute Gasteiger partial charge is 0.128 e. The van der Waals surface area contributed by atoms with Gasteiger partial charge in [0.05, 0.1) is 17.2 Å². The average Bonchev–Trinajstić information content (AvgIpc) is 2.74. The molecule has 0 amide bonds. The highest BCUT2D eigenvalue weighted by Gasteiger charge is 2.30. The molecule has 1 aliphatic heterocycles. The first-order valence-electron chi connectivity index (χ1n) is 10.2. The predicted molar refractivity (Wildman–Crippen MR) is 114 cm³/mol. The molecule has 2 aromatic carbocycles. The number of hydrogen-bond donors (Lipinski definition) is 0. The lowest BCUT2D eigenvalue weighted by molar-refractivity contribution is -0.211. The number of rotatable bonds is 7. The largest absolute Gasteiger partial charge is 0.363 e. The van der Waals surface area contributed by atoms with Crippen LogP contribution in [0.3, 0.4) is 0 Å². The van der Waals surface area contributed by atoms with Gasteiger partial charge in [-0.1, -0.05) is 43.6 Å². The zero-order valence-corrected chi connectivity index (χ0v) is 17.7. The molecule has 0 aromatic heterocycles. The molecule has 1 atom stereocenters. The van der Waals surface area contributed by atoms with Crippen LogP contribution >= 0.6 is 11.6 Å². The predicted octanol–water partition coefficient (Wildman–Crippen LogP) is 5.55. The molecule has 1 saturated heterocycles. The quantitative estimate of drug-likeness (QED) is 0.594. The number of hydroxylamine groups is 2. The topological polar surface area (TPSA) is 39.5 Å². The van der Waals surface area contributed by atoms with E-state index < -0.39 is 0 Å². The summed E-state index contributed by atoms with van der Waals surface area (Å²) in [7, 11) is 0. The fraction of sp³-hybridized carbons (Fsp3) is 0.435. The van der Waals surface area contributed by atoms with Crippen molar-refractivity contribution in [1.82, 2.24) is 5.06 Å². The molecule has 1 heterocycles. The van der Waals surface area contributed by atoms with E-state index in [2.05, 4.69) is 29.9 Å². The molecule has 6 heteroatoms. The normalized spacial score (nSPS) is 17.3. The molecule has 0 aliphatic carbocycles. The van der Waals surface area contributed by atoms with Gasteiger partial charge in [-0.25, -0.2) is 4.39 Å². The van der Waals surface area contributed by atoms with Crippen LogP contribution < -0.4 is 4.90 Å². The minimum absolute atomic E-state index is 0.146. The number of benzene rings is 2. The van der Waals surface area contributed by atoms with Crippen molar-refractivity contribution in [3.8, 4) is 6.07 Å². The van der Waals surface area contributed by atoms with Crippen molar-refractivity contribution in [2.75, 3.05) is 18.1 Å². The summed E-state index contributed by atoms with van der Waals surface area (Å²) in [6.45, 7) is 6.12. The molecule has 0 bridgehead atoms. The molecule has 154 valence electrons. The Morgan fingerprint density at radius 3 is 2.69 bits per heavy atom. The van der Waals surface area contributed by atoms with E-state index in [0.717, 1.165) is 31.5 Å². The highest BCUT2D eigenvalue weighted by Crippen LogP contribution is 2.30. The SMILES string of the molecule is CCC(CC)N1C[C@@H](N(Cc2ccccc2F)c2ccc(C#N)c(Cl)c2)CCO1. The van der Waals surface area contributed by atoms with Crippen LogP contribution in [0, 0.1) is 17.1 Å². The molecule has 0 radical (unpaired) electrons. The molecule has 0 unspecified atom stereocenters. The van der Waals surface area contributed by atoms with Gasteiger partial charge >= 0.3 is 0 Å². The van der Waals surface area contributed by atoms with E-state index in [1.165, 1.54) is 6.07 Å². The van der Waals surface area contributed by atoms with Gasteiger partial charge in [0, 0.05) is 36.4 Å². The van der Waals surface area contributed by atoms with Crippen LogP contribution in [0.5, 0.6) is 0 Å². The molecule has 0 saturated carbocycles. The maximum absolute atomic E-state index is 14.4. The highest BCUT2D eigenvalue weighted by molar-refractivity contribution is 6.32. The molecule has 3 rings (SSSR count). The Balaban J connectivity index is 1.93. The molecule has 2 aromatic rings. The van der Waals surface area contributed by atoms with Gasteiger partial charge in [0.25, 0.3) is 0 Å². The third-order valence-corrected chi connectivity index (χ3v) is 5.91. The molecular formula is C23H27ClFN3O. The van der Waals surface area contributed by atoms with Crippen LogP contribution in [-0.4, -0.2) is 30.3 Å². The Bertz CT molecular complexity index is 865. The van der Waals surface area contributed by atoms with Crippen molar-refractivity contribution in [1.29, 1.82) is 5.26 Å². The third-order valence-electron chi connectivity index (χ3n) is 5.59. The lowest BCUT2D eigenvalue weighted by Gasteiger charge is -2.42. The third kappa shape index (κ3) is 5.08. The molecule has 0 spiro atoms. The minimum Gasteiger partial charge on any atom is -0.363 e. The molecular weight excluding hydrogens is 389 g/mol. The lowest BCUT2D eigenvalue weighted by atomic mass is 10.0. The van der Waals surface area contributed by atoms with Crippen LogP contribution in [0.1, 0.15) is 44.2 Å². The summed E-state index contributed by atoms with van der Waals surface area (Å²) in [5.41, 5.74) is 1.95. The Morgan fingerprint density at radius 2 is 2.03 bits per heavy atom. The Morgan fingerprint density at radius 1 is 1.28 bits per heavy atom. The van der Waals surface area contributed by atoms with Crippen LogP contribution in [-0.2, 0) is 11.4 Å². The first-order chi connectivity index (χ1) is 14.1. The molecule has 0 N–H and O–H groups in total. The fourth-order valence-corrected chi connectivity index (χ4v) is 4.09. The van der Waals surface area contributed by atoms with Gasteiger partial charge in [-0.3, -0.25) is 4.84 Å². The summed E-state index contributed by atoms with van der Waals surface area (Å²) in [4.78, 5) is 8.12.